The first-order valence-corrected chi connectivity index (χ1v) is 8.29. The Morgan fingerprint density at radius 2 is 2.09 bits per heavy atom. The van der Waals surface area contributed by atoms with Crippen molar-refractivity contribution in [1.29, 1.82) is 0 Å². The Balaban J connectivity index is 1.73. The molecule has 23 heavy (non-hydrogen) atoms. The van der Waals surface area contributed by atoms with Crippen molar-refractivity contribution in [3.63, 3.8) is 0 Å². The predicted molar refractivity (Wildman–Crippen MR) is 80.0 cm³/mol. The molecule has 2 aromatic rings. The lowest BCUT2D eigenvalue weighted by atomic mass is 10.1. The van der Waals surface area contributed by atoms with E-state index in [9.17, 15) is 14.7 Å². The second kappa shape index (κ2) is 6.45. The molecule has 8 nitrogen and oxygen atoms in total. The van der Waals surface area contributed by atoms with Crippen LogP contribution in [-0.2, 0) is 13.6 Å². The average Bonchev–Trinajstić information content (AvgIpc) is 2.56. The van der Waals surface area contributed by atoms with Crippen LogP contribution in [0.1, 0.15) is 18.1 Å². The van der Waals surface area contributed by atoms with E-state index in [4.69, 9.17) is 13.6 Å². The fraction of sp³-hybridized carbons (Fsp3) is 0.214. The van der Waals surface area contributed by atoms with Gasteiger partial charge in [-0.1, -0.05) is 6.07 Å². The first-order chi connectivity index (χ1) is 11.1. The number of pyridine rings is 1. The molecule has 0 radical (unpaired) electrons. The van der Waals surface area contributed by atoms with Crippen LogP contribution in [0.2, 0.25) is 0 Å². The van der Waals surface area contributed by atoms with Crippen molar-refractivity contribution in [2.45, 2.75) is 12.5 Å². The molecule has 0 amide bonds. The van der Waals surface area contributed by atoms with Crippen molar-refractivity contribution in [2.24, 2.45) is 0 Å². The number of phosphoric ester groups is 1. The van der Waals surface area contributed by atoms with Crippen LogP contribution in [0, 0.1) is 10.1 Å². The van der Waals surface area contributed by atoms with Crippen molar-refractivity contribution >= 4 is 13.5 Å². The summed E-state index contributed by atoms with van der Waals surface area (Å²) in [6, 6.07) is 8.78. The Hall–Kier alpha value is -2.28. The van der Waals surface area contributed by atoms with E-state index >= 15 is 0 Å². The van der Waals surface area contributed by atoms with Crippen LogP contribution in [0.15, 0.2) is 48.8 Å². The van der Waals surface area contributed by atoms with Gasteiger partial charge in [-0.2, -0.15) is 0 Å². The molecule has 1 aromatic heterocycles. The highest BCUT2D eigenvalue weighted by Crippen LogP contribution is 2.56. The molecule has 0 saturated carbocycles. The molecule has 120 valence electrons. The molecule has 1 aliphatic rings. The molecule has 0 unspecified atom stereocenters. The Morgan fingerprint density at radius 3 is 2.74 bits per heavy atom. The highest BCUT2D eigenvalue weighted by atomic mass is 31.2. The number of non-ortho nitro benzene ring substituents is 1. The van der Waals surface area contributed by atoms with Crippen molar-refractivity contribution in [3.05, 3.63) is 64.5 Å². The third-order valence-electron chi connectivity index (χ3n) is 3.21. The van der Waals surface area contributed by atoms with E-state index in [0.29, 0.717) is 6.42 Å². The second-order valence-electron chi connectivity index (χ2n) is 4.79. The minimum atomic E-state index is -3.79. The zero-order valence-corrected chi connectivity index (χ0v) is 12.8. The van der Waals surface area contributed by atoms with E-state index in [1.165, 1.54) is 24.3 Å². The first-order valence-electron chi connectivity index (χ1n) is 6.83. The highest BCUT2D eigenvalue weighted by molar-refractivity contribution is 7.49. The van der Waals surface area contributed by atoms with E-state index < -0.39 is 18.8 Å². The summed E-state index contributed by atoms with van der Waals surface area (Å²) in [6.07, 6.45) is 3.35. The monoisotopic (exact) mass is 336 g/mol. The zero-order valence-electron chi connectivity index (χ0n) is 11.9. The van der Waals surface area contributed by atoms with E-state index in [1.807, 2.05) is 6.07 Å². The summed E-state index contributed by atoms with van der Waals surface area (Å²) in [4.78, 5) is 14.1. The molecular formula is C14H13N2O6P. The maximum atomic E-state index is 12.6. The molecule has 0 bridgehead atoms. The van der Waals surface area contributed by atoms with Crippen molar-refractivity contribution < 1.29 is 23.1 Å². The van der Waals surface area contributed by atoms with E-state index in [0.717, 1.165) is 5.56 Å². The molecule has 1 aliphatic heterocycles. The van der Waals surface area contributed by atoms with Gasteiger partial charge in [-0.3, -0.25) is 24.1 Å². The van der Waals surface area contributed by atoms with E-state index in [-0.39, 0.29) is 18.0 Å². The Bertz CT molecular complexity index is 737. The second-order valence-corrected chi connectivity index (χ2v) is 6.34. The van der Waals surface area contributed by atoms with Gasteiger partial charge >= 0.3 is 7.82 Å². The van der Waals surface area contributed by atoms with Gasteiger partial charge < -0.3 is 4.52 Å². The summed E-state index contributed by atoms with van der Waals surface area (Å²) < 4.78 is 28.5. The molecule has 3 rings (SSSR count). The number of aromatic nitrogens is 1. The topological polar surface area (TPSA) is 101 Å². The number of nitro benzene ring substituents is 1. The van der Waals surface area contributed by atoms with Gasteiger partial charge in [0.25, 0.3) is 5.69 Å². The largest absolute Gasteiger partial charge is 0.530 e. The fourth-order valence-corrected chi connectivity index (χ4v) is 3.51. The van der Waals surface area contributed by atoms with Gasteiger partial charge in [0.1, 0.15) is 5.75 Å². The van der Waals surface area contributed by atoms with Crippen LogP contribution >= 0.6 is 7.82 Å². The molecule has 1 aromatic carbocycles. The third kappa shape index (κ3) is 3.73. The summed E-state index contributed by atoms with van der Waals surface area (Å²) in [6.45, 7) is 0.212. The molecule has 1 saturated heterocycles. The van der Waals surface area contributed by atoms with Gasteiger partial charge in [0.05, 0.1) is 17.6 Å². The maximum absolute atomic E-state index is 12.6. The molecule has 9 heteroatoms. The molecule has 2 heterocycles. The number of nitro groups is 1. The third-order valence-corrected chi connectivity index (χ3v) is 4.65. The van der Waals surface area contributed by atoms with Gasteiger partial charge in [0, 0.05) is 30.9 Å². The highest BCUT2D eigenvalue weighted by Gasteiger charge is 2.37. The maximum Gasteiger partial charge on any atom is 0.530 e. The van der Waals surface area contributed by atoms with Crippen LogP contribution in [0.3, 0.4) is 0 Å². The molecule has 1 fully saturated rings. The number of rotatable bonds is 4. The summed E-state index contributed by atoms with van der Waals surface area (Å²) in [5, 5.41) is 10.6. The molecule has 2 atom stereocenters. The summed E-state index contributed by atoms with van der Waals surface area (Å²) >= 11 is 0. The Kier molecular flexibility index (Phi) is 4.38. The van der Waals surface area contributed by atoms with Gasteiger partial charge in [0.2, 0.25) is 0 Å². The molecular weight excluding hydrogens is 323 g/mol. The van der Waals surface area contributed by atoms with Crippen molar-refractivity contribution in [3.8, 4) is 5.75 Å². The normalized spacial score (nSPS) is 24.1. The smallest absolute Gasteiger partial charge is 0.404 e. The number of hydrogen-bond donors (Lipinski definition) is 0. The predicted octanol–water partition coefficient (Wildman–Crippen LogP) is 3.65. The van der Waals surface area contributed by atoms with Crippen LogP contribution in [0.25, 0.3) is 0 Å². The molecule has 0 N–H and O–H groups in total. The first kappa shape index (κ1) is 15.6. The number of phosphoric acid groups is 1. The summed E-state index contributed by atoms with van der Waals surface area (Å²) in [7, 11) is -3.79. The fourth-order valence-electron chi connectivity index (χ4n) is 2.11. The quantitative estimate of drug-likeness (QED) is 0.477. The number of nitrogens with zero attached hydrogens (tertiary/aromatic N) is 2. The SMILES string of the molecule is O=[N+]([O-])c1ccc(O[P@]2(=O)OCC[C@@H](c3cccnc3)O2)cc1. The van der Waals surface area contributed by atoms with E-state index in [2.05, 4.69) is 4.98 Å². The summed E-state index contributed by atoms with van der Waals surface area (Å²) in [5.74, 6) is 0.172. The Morgan fingerprint density at radius 1 is 1.30 bits per heavy atom. The lowest BCUT2D eigenvalue weighted by molar-refractivity contribution is -0.384. The van der Waals surface area contributed by atoms with Crippen molar-refractivity contribution in [2.75, 3.05) is 6.61 Å². The number of hydrogen-bond acceptors (Lipinski definition) is 7. The van der Waals surface area contributed by atoms with Gasteiger partial charge in [-0.05, 0) is 23.8 Å². The van der Waals surface area contributed by atoms with Crippen LogP contribution in [0.5, 0.6) is 5.75 Å². The molecule has 0 spiro atoms. The average molecular weight is 336 g/mol. The van der Waals surface area contributed by atoms with Crippen LogP contribution in [0.4, 0.5) is 5.69 Å². The zero-order chi connectivity index (χ0) is 16.3. The van der Waals surface area contributed by atoms with Crippen molar-refractivity contribution in [1.82, 2.24) is 4.98 Å². The molecule has 0 aliphatic carbocycles. The van der Waals surface area contributed by atoms with Crippen LogP contribution < -0.4 is 4.52 Å². The van der Waals surface area contributed by atoms with E-state index in [1.54, 1.807) is 18.5 Å². The lowest BCUT2D eigenvalue weighted by Gasteiger charge is -2.28. The number of benzene rings is 1. The van der Waals surface area contributed by atoms with Gasteiger partial charge in [-0.25, -0.2) is 4.57 Å². The van der Waals surface area contributed by atoms with Gasteiger partial charge in [0.15, 0.2) is 0 Å². The summed E-state index contributed by atoms with van der Waals surface area (Å²) in [5.41, 5.74) is 0.692. The minimum Gasteiger partial charge on any atom is -0.404 e. The standard InChI is InChI=1S/C14H13N2O6P/c17-16(18)12-3-5-13(6-4-12)21-23(19)20-9-7-14(22-23)11-2-1-8-15-10-11/h1-6,8,10,14H,7,9H2/t14-,23-/m0/s1. The van der Waals surface area contributed by atoms with Gasteiger partial charge in [-0.15, -0.1) is 0 Å². The Labute approximate surface area is 131 Å². The van der Waals surface area contributed by atoms with Crippen LogP contribution in [-0.4, -0.2) is 16.5 Å². The minimum absolute atomic E-state index is 0.0886. The lowest BCUT2D eigenvalue weighted by Crippen LogP contribution is -2.16.